The van der Waals surface area contributed by atoms with Gasteiger partial charge in [-0.2, -0.15) is 0 Å². The lowest BCUT2D eigenvalue weighted by Gasteiger charge is -2.11. The van der Waals surface area contributed by atoms with Gasteiger partial charge in [-0.15, -0.1) is 11.6 Å². The number of fused-ring (bicyclic) bond motifs is 1. The number of aromatic nitrogens is 1. The molecule has 0 N–H and O–H groups in total. The number of nitrogens with zero attached hydrogens (tertiary/aromatic N) is 1. The van der Waals surface area contributed by atoms with E-state index in [-0.39, 0.29) is 0 Å². The highest BCUT2D eigenvalue weighted by atomic mass is 79.9. The lowest BCUT2D eigenvalue weighted by molar-refractivity contribution is 0.466. The standard InChI is InChI=1S/C17H13BrClNO/c1-11-6-7-16(15(18)8-11)21-17-14-5-3-2-4-13(14)12(9-19)10-20-17/h2-8,10H,9H2,1H3. The van der Waals surface area contributed by atoms with Gasteiger partial charge in [-0.05, 0) is 57.6 Å². The highest BCUT2D eigenvalue weighted by Gasteiger charge is 2.10. The Bertz CT molecular complexity index is 804. The third kappa shape index (κ3) is 2.89. The van der Waals surface area contributed by atoms with Crippen LogP contribution in [-0.2, 0) is 5.88 Å². The van der Waals surface area contributed by atoms with Gasteiger partial charge in [0.1, 0.15) is 5.75 Å². The smallest absolute Gasteiger partial charge is 0.227 e. The third-order valence-electron chi connectivity index (χ3n) is 3.28. The molecule has 4 heteroatoms. The van der Waals surface area contributed by atoms with Gasteiger partial charge in [0, 0.05) is 17.5 Å². The maximum absolute atomic E-state index is 5.98. The molecule has 0 aliphatic rings. The zero-order valence-electron chi connectivity index (χ0n) is 11.4. The molecule has 0 atom stereocenters. The molecule has 3 aromatic rings. The SMILES string of the molecule is Cc1ccc(Oc2ncc(CCl)c3ccccc23)c(Br)c1. The topological polar surface area (TPSA) is 22.1 Å². The maximum Gasteiger partial charge on any atom is 0.227 e. The number of benzene rings is 2. The fourth-order valence-corrected chi connectivity index (χ4v) is 2.99. The molecule has 0 saturated heterocycles. The van der Waals surface area contributed by atoms with Crippen molar-refractivity contribution in [3.8, 4) is 11.6 Å². The van der Waals surface area contributed by atoms with Crippen LogP contribution in [0.5, 0.6) is 11.6 Å². The molecule has 3 rings (SSSR count). The van der Waals surface area contributed by atoms with Gasteiger partial charge in [-0.3, -0.25) is 0 Å². The summed E-state index contributed by atoms with van der Waals surface area (Å²) < 4.78 is 6.89. The number of aryl methyl sites for hydroxylation is 1. The Hall–Kier alpha value is -1.58. The summed E-state index contributed by atoms with van der Waals surface area (Å²) in [5, 5.41) is 2.03. The van der Waals surface area contributed by atoms with Gasteiger partial charge in [0.15, 0.2) is 0 Å². The number of hydrogen-bond acceptors (Lipinski definition) is 2. The van der Waals surface area contributed by atoms with Crippen molar-refractivity contribution in [3.63, 3.8) is 0 Å². The molecular formula is C17H13BrClNO. The first kappa shape index (κ1) is 14.4. The fourth-order valence-electron chi connectivity index (χ4n) is 2.21. The van der Waals surface area contributed by atoms with E-state index in [1.165, 1.54) is 5.56 Å². The number of rotatable bonds is 3. The summed E-state index contributed by atoms with van der Waals surface area (Å²) in [5.74, 6) is 1.77. The van der Waals surface area contributed by atoms with Crippen LogP contribution >= 0.6 is 27.5 Å². The molecule has 1 aromatic heterocycles. The maximum atomic E-state index is 5.98. The normalized spacial score (nSPS) is 10.8. The zero-order valence-corrected chi connectivity index (χ0v) is 13.8. The van der Waals surface area contributed by atoms with Gasteiger partial charge in [-0.1, -0.05) is 24.3 Å². The van der Waals surface area contributed by atoms with Gasteiger partial charge >= 0.3 is 0 Å². The highest BCUT2D eigenvalue weighted by Crippen LogP contribution is 2.34. The molecule has 0 unspecified atom stereocenters. The van der Waals surface area contributed by atoms with E-state index < -0.39 is 0 Å². The molecule has 0 aliphatic carbocycles. The second-order valence-electron chi connectivity index (χ2n) is 4.80. The van der Waals surface area contributed by atoms with Crippen LogP contribution in [0.2, 0.25) is 0 Å². The quantitative estimate of drug-likeness (QED) is 0.546. The Morgan fingerprint density at radius 3 is 2.62 bits per heavy atom. The third-order valence-corrected chi connectivity index (χ3v) is 4.19. The summed E-state index contributed by atoms with van der Waals surface area (Å²) in [6.07, 6.45) is 1.77. The predicted molar refractivity (Wildman–Crippen MR) is 90.3 cm³/mol. The van der Waals surface area contributed by atoms with Crippen LogP contribution in [0.3, 0.4) is 0 Å². The molecule has 0 spiro atoms. The van der Waals surface area contributed by atoms with Crippen molar-refractivity contribution in [2.75, 3.05) is 0 Å². The molecule has 21 heavy (non-hydrogen) atoms. The van der Waals surface area contributed by atoms with E-state index in [0.717, 1.165) is 26.6 Å². The largest absolute Gasteiger partial charge is 0.437 e. The van der Waals surface area contributed by atoms with Crippen LogP contribution in [0.25, 0.3) is 10.8 Å². The fraction of sp³-hybridized carbons (Fsp3) is 0.118. The molecule has 1 heterocycles. The summed E-state index contributed by atoms with van der Waals surface area (Å²) >= 11 is 9.50. The van der Waals surface area contributed by atoms with Crippen molar-refractivity contribution in [2.45, 2.75) is 12.8 Å². The summed E-state index contributed by atoms with van der Waals surface area (Å²) in [6.45, 7) is 2.04. The molecule has 0 bridgehead atoms. The number of hydrogen-bond donors (Lipinski definition) is 0. The predicted octanol–water partition coefficient (Wildman–Crippen LogP) is 5.84. The molecule has 2 aromatic carbocycles. The van der Waals surface area contributed by atoms with Gasteiger partial charge in [0.25, 0.3) is 0 Å². The summed E-state index contributed by atoms with van der Waals surface area (Å²) in [7, 11) is 0. The van der Waals surface area contributed by atoms with Crippen molar-refractivity contribution in [3.05, 3.63) is 64.3 Å². The van der Waals surface area contributed by atoms with E-state index in [0.29, 0.717) is 11.8 Å². The average molecular weight is 363 g/mol. The monoisotopic (exact) mass is 361 g/mol. The Labute approximate surface area is 136 Å². The average Bonchev–Trinajstić information content (AvgIpc) is 2.50. The number of pyridine rings is 1. The molecule has 0 fully saturated rings. The minimum absolute atomic E-state index is 0.433. The Morgan fingerprint density at radius 2 is 1.90 bits per heavy atom. The Kier molecular flexibility index (Phi) is 4.13. The number of halogens is 2. The van der Waals surface area contributed by atoms with E-state index >= 15 is 0 Å². The molecule has 0 aliphatic heterocycles. The van der Waals surface area contributed by atoms with E-state index in [4.69, 9.17) is 16.3 Å². The van der Waals surface area contributed by atoms with E-state index in [9.17, 15) is 0 Å². The second kappa shape index (κ2) is 6.04. The van der Waals surface area contributed by atoms with Gasteiger partial charge < -0.3 is 4.74 Å². The minimum Gasteiger partial charge on any atom is -0.437 e. The first-order chi connectivity index (χ1) is 10.2. The molecule has 106 valence electrons. The van der Waals surface area contributed by atoms with Crippen molar-refractivity contribution in [1.29, 1.82) is 0 Å². The van der Waals surface area contributed by atoms with Crippen LogP contribution in [-0.4, -0.2) is 4.98 Å². The van der Waals surface area contributed by atoms with Gasteiger partial charge in [0.2, 0.25) is 5.88 Å². The van der Waals surface area contributed by atoms with Crippen LogP contribution in [0.1, 0.15) is 11.1 Å². The second-order valence-corrected chi connectivity index (χ2v) is 5.93. The molecular weight excluding hydrogens is 350 g/mol. The van der Waals surface area contributed by atoms with E-state index in [1.54, 1.807) is 6.20 Å². The summed E-state index contributed by atoms with van der Waals surface area (Å²) in [5.41, 5.74) is 2.17. The van der Waals surface area contributed by atoms with E-state index in [2.05, 4.69) is 20.9 Å². The first-order valence-corrected chi connectivity index (χ1v) is 7.88. The van der Waals surface area contributed by atoms with Crippen LogP contribution in [0.4, 0.5) is 0 Å². The van der Waals surface area contributed by atoms with Crippen LogP contribution in [0, 0.1) is 6.92 Å². The number of ether oxygens (including phenoxy) is 1. The van der Waals surface area contributed by atoms with Crippen molar-refractivity contribution < 1.29 is 4.74 Å². The molecule has 0 saturated carbocycles. The lowest BCUT2D eigenvalue weighted by atomic mass is 10.1. The van der Waals surface area contributed by atoms with Crippen LogP contribution < -0.4 is 4.74 Å². The Balaban J connectivity index is 2.09. The molecule has 0 radical (unpaired) electrons. The van der Waals surface area contributed by atoms with Crippen molar-refractivity contribution >= 4 is 38.3 Å². The number of alkyl halides is 1. The van der Waals surface area contributed by atoms with E-state index in [1.807, 2.05) is 49.4 Å². The summed E-state index contributed by atoms with van der Waals surface area (Å²) in [4.78, 5) is 4.41. The van der Waals surface area contributed by atoms with Gasteiger partial charge in [0.05, 0.1) is 4.47 Å². The molecule has 2 nitrogen and oxygen atoms in total. The molecule has 0 amide bonds. The van der Waals surface area contributed by atoms with Crippen molar-refractivity contribution in [2.24, 2.45) is 0 Å². The van der Waals surface area contributed by atoms with Gasteiger partial charge in [-0.25, -0.2) is 4.98 Å². The Morgan fingerprint density at radius 1 is 1.14 bits per heavy atom. The van der Waals surface area contributed by atoms with Crippen molar-refractivity contribution in [1.82, 2.24) is 4.98 Å². The minimum atomic E-state index is 0.433. The summed E-state index contributed by atoms with van der Waals surface area (Å²) in [6, 6.07) is 14.0. The first-order valence-electron chi connectivity index (χ1n) is 6.55. The zero-order chi connectivity index (χ0) is 14.8. The highest BCUT2D eigenvalue weighted by molar-refractivity contribution is 9.10. The lowest BCUT2D eigenvalue weighted by Crippen LogP contribution is -1.93. The van der Waals surface area contributed by atoms with Crippen LogP contribution in [0.15, 0.2) is 53.1 Å².